The van der Waals surface area contributed by atoms with Gasteiger partial charge in [-0.05, 0) is 56.2 Å². The lowest BCUT2D eigenvalue weighted by Crippen LogP contribution is -2.53. The third-order valence-electron chi connectivity index (χ3n) is 6.87. The Labute approximate surface area is 226 Å². The van der Waals surface area contributed by atoms with Crippen LogP contribution in [0.15, 0.2) is 59.9 Å². The number of amides is 1. The van der Waals surface area contributed by atoms with E-state index >= 15 is 0 Å². The zero-order valence-corrected chi connectivity index (χ0v) is 22.9. The summed E-state index contributed by atoms with van der Waals surface area (Å²) >= 11 is 0. The van der Waals surface area contributed by atoms with Gasteiger partial charge in [0.25, 0.3) is 5.91 Å². The molecule has 0 spiro atoms. The van der Waals surface area contributed by atoms with Crippen LogP contribution in [-0.2, 0) is 34.7 Å². The van der Waals surface area contributed by atoms with Crippen molar-refractivity contribution >= 4 is 21.9 Å². The summed E-state index contributed by atoms with van der Waals surface area (Å²) in [5.41, 5.74) is 0.783. The van der Waals surface area contributed by atoms with E-state index in [1.807, 2.05) is 6.92 Å². The van der Waals surface area contributed by atoms with Gasteiger partial charge in [0.1, 0.15) is 23.5 Å². The first-order chi connectivity index (χ1) is 18.3. The molecule has 3 atom stereocenters. The molecule has 0 bridgehead atoms. The molecule has 1 aromatic heterocycles. The Kier molecular flexibility index (Phi) is 7.82. The monoisotopic (exact) mass is 556 g/mol. The molecule has 1 aliphatic rings. The summed E-state index contributed by atoms with van der Waals surface area (Å²) in [6.45, 7) is 5.23. The topological polar surface area (TPSA) is 160 Å². The first-order valence-electron chi connectivity index (χ1n) is 12.4. The van der Waals surface area contributed by atoms with Gasteiger partial charge in [-0.15, -0.1) is 0 Å². The van der Waals surface area contributed by atoms with E-state index in [9.17, 15) is 28.2 Å². The third kappa shape index (κ3) is 5.97. The highest BCUT2D eigenvalue weighted by Gasteiger charge is 2.45. The fourth-order valence-electron chi connectivity index (χ4n) is 4.44. The second-order valence-corrected chi connectivity index (χ2v) is 11.8. The minimum absolute atomic E-state index is 0.0117. The number of imidazole rings is 1. The number of aliphatic hydroxyl groups excluding tert-OH is 1. The number of hydrogen-bond acceptors (Lipinski definition) is 7. The minimum Gasteiger partial charge on any atom is -0.485 e. The Morgan fingerprint density at radius 2 is 1.87 bits per heavy atom. The number of aliphatic hydroxyl groups is 1. The van der Waals surface area contributed by atoms with Crippen molar-refractivity contribution in [1.29, 1.82) is 0 Å². The summed E-state index contributed by atoms with van der Waals surface area (Å²) in [6, 6.07) is 8.43. The smallest absolute Gasteiger partial charge is 0.326 e. The predicted molar refractivity (Wildman–Crippen MR) is 142 cm³/mol. The molecule has 0 saturated carbocycles. The molecule has 0 aliphatic carbocycles. The molecule has 4 rings (SSSR count). The van der Waals surface area contributed by atoms with Gasteiger partial charge in [0.15, 0.2) is 0 Å². The molecule has 1 aliphatic heterocycles. The fraction of sp³-hybridized carbons (Fsp3) is 0.370. The number of nitrogens with zero attached hydrogens (tertiary/aromatic N) is 2. The fourth-order valence-corrected chi connectivity index (χ4v) is 5.66. The van der Waals surface area contributed by atoms with E-state index in [1.54, 1.807) is 37.6 Å². The minimum atomic E-state index is -4.06. The molecule has 4 N–H and O–H groups in total. The van der Waals surface area contributed by atoms with Gasteiger partial charge in [0.2, 0.25) is 10.0 Å². The highest BCUT2D eigenvalue weighted by Crippen LogP contribution is 2.41. The van der Waals surface area contributed by atoms with Crippen LogP contribution in [0, 0.1) is 0 Å². The molecule has 3 aromatic rings. The summed E-state index contributed by atoms with van der Waals surface area (Å²) in [5.74, 6) is -1.60. The van der Waals surface area contributed by atoms with Gasteiger partial charge in [-0.25, -0.2) is 22.9 Å². The van der Waals surface area contributed by atoms with Crippen molar-refractivity contribution in [3.05, 3.63) is 77.4 Å². The maximum atomic E-state index is 13.3. The van der Waals surface area contributed by atoms with Gasteiger partial charge in [0, 0.05) is 36.5 Å². The molecule has 0 unspecified atom stereocenters. The number of aliphatic carboxylic acids is 1. The van der Waals surface area contributed by atoms with Crippen molar-refractivity contribution in [1.82, 2.24) is 19.6 Å². The molecule has 0 fully saturated rings. The summed E-state index contributed by atoms with van der Waals surface area (Å²) in [7, 11) is -2.34. The van der Waals surface area contributed by atoms with E-state index < -0.39 is 45.7 Å². The molecular formula is C27H32N4O7S. The standard InChI is InChI=1S/C27H32N4O7S/c1-5-16-6-9-19(10-7-16)39(36,37)30-23-20-12-17(8-11-22(20)38-27(2,3)24(23)32)25(33)29-21(26(34)35)13-18-14-28-15-31(18)4/h6-12,14-15,21,23-24,30,32H,5,13H2,1-4H3,(H,29,33)(H,34,35)/t21-,23-,24+/m1/s1. The summed E-state index contributed by atoms with van der Waals surface area (Å²) in [5, 5.41) is 23.3. The highest BCUT2D eigenvalue weighted by atomic mass is 32.2. The second-order valence-electron chi connectivity index (χ2n) is 10.1. The molecule has 1 amide bonds. The maximum Gasteiger partial charge on any atom is 0.326 e. The summed E-state index contributed by atoms with van der Waals surface area (Å²) in [4.78, 5) is 29.0. The molecule has 11 nitrogen and oxygen atoms in total. The van der Waals surface area contributed by atoms with Crippen LogP contribution in [0.2, 0.25) is 0 Å². The van der Waals surface area contributed by atoms with Crippen molar-refractivity contribution in [2.75, 3.05) is 0 Å². The van der Waals surface area contributed by atoms with E-state index in [0.29, 0.717) is 11.4 Å². The van der Waals surface area contributed by atoms with Gasteiger partial charge in [-0.2, -0.15) is 0 Å². The SMILES string of the molecule is CCc1ccc(S(=O)(=O)N[C@@H]2c3cc(C(=O)N[C@H](Cc4cncn4C)C(=O)O)ccc3OC(C)(C)[C@H]2O)cc1. The Hall–Kier alpha value is -3.74. The van der Waals surface area contributed by atoms with Crippen LogP contribution in [0.3, 0.4) is 0 Å². The zero-order valence-electron chi connectivity index (χ0n) is 22.1. The summed E-state index contributed by atoms with van der Waals surface area (Å²) in [6.07, 6.45) is 2.52. The Balaban J connectivity index is 1.64. The first kappa shape index (κ1) is 28.3. The molecule has 0 radical (unpaired) electrons. The highest BCUT2D eigenvalue weighted by molar-refractivity contribution is 7.89. The lowest BCUT2D eigenvalue weighted by molar-refractivity contribution is -0.139. The van der Waals surface area contributed by atoms with Crippen molar-refractivity contribution < 1.29 is 33.0 Å². The number of benzene rings is 2. The van der Waals surface area contributed by atoms with Crippen molar-refractivity contribution in [2.24, 2.45) is 7.05 Å². The number of aromatic nitrogens is 2. The van der Waals surface area contributed by atoms with Crippen molar-refractivity contribution in [2.45, 2.75) is 62.3 Å². The molecular weight excluding hydrogens is 524 g/mol. The van der Waals surface area contributed by atoms with E-state index in [1.165, 1.54) is 42.9 Å². The zero-order chi connectivity index (χ0) is 28.5. The van der Waals surface area contributed by atoms with E-state index in [-0.39, 0.29) is 22.4 Å². The van der Waals surface area contributed by atoms with E-state index in [0.717, 1.165) is 12.0 Å². The van der Waals surface area contributed by atoms with Crippen LogP contribution in [0.4, 0.5) is 0 Å². The van der Waals surface area contributed by atoms with Crippen LogP contribution in [0.5, 0.6) is 5.75 Å². The number of carboxylic acid groups (broad SMARTS) is 1. The third-order valence-corrected chi connectivity index (χ3v) is 8.32. The molecule has 39 heavy (non-hydrogen) atoms. The summed E-state index contributed by atoms with van der Waals surface area (Å²) < 4.78 is 36.7. The van der Waals surface area contributed by atoms with Gasteiger partial charge in [-0.3, -0.25) is 4.79 Å². The first-order valence-corrected chi connectivity index (χ1v) is 13.9. The maximum absolute atomic E-state index is 13.3. The van der Waals surface area contributed by atoms with Crippen molar-refractivity contribution in [3.63, 3.8) is 0 Å². The van der Waals surface area contributed by atoms with Gasteiger partial charge < -0.3 is 24.8 Å². The number of sulfonamides is 1. The number of carbonyl (C=O) groups is 2. The number of rotatable bonds is 9. The van der Waals surface area contributed by atoms with Crippen LogP contribution in [0.1, 0.15) is 54.0 Å². The average Bonchev–Trinajstić information content (AvgIpc) is 3.30. The molecule has 0 saturated heterocycles. The van der Waals surface area contributed by atoms with E-state index in [2.05, 4.69) is 15.0 Å². The average molecular weight is 557 g/mol. The number of carbonyl (C=O) groups excluding carboxylic acids is 1. The second kappa shape index (κ2) is 10.8. The van der Waals surface area contributed by atoms with Crippen LogP contribution >= 0.6 is 0 Å². The molecule has 2 heterocycles. The largest absolute Gasteiger partial charge is 0.485 e. The van der Waals surface area contributed by atoms with Crippen molar-refractivity contribution in [3.8, 4) is 5.75 Å². The predicted octanol–water partition coefficient (Wildman–Crippen LogP) is 1.96. The van der Waals surface area contributed by atoms with Crippen LogP contribution in [0.25, 0.3) is 0 Å². The lowest BCUT2D eigenvalue weighted by atomic mass is 9.86. The number of fused-ring (bicyclic) bond motifs is 1. The Morgan fingerprint density at radius 3 is 2.46 bits per heavy atom. The van der Waals surface area contributed by atoms with Gasteiger partial charge >= 0.3 is 5.97 Å². The molecule has 2 aromatic carbocycles. The molecule has 12 heteroatoms. The number of hydrogen-bond donors (Lipinski definition) is 4. The Morgan fingerprint density at radius 1 is 1.18 bits per heavy atom. The van der Waals surface area contributed by atoms with E-state index in [4.69, 9.17) is 4.74 Å². The number of nitrogens with one attached hydrogen (secondary N) is 2. The van der Waals surface area contributed by atoms with Crippen LogP contribution in [-0.4, -0.2) is 57.8 Å². The quantitative estimate of drug-likeness (QED) is 0.311. The number of aryl methyl sites for hydroxylation is 2. The van der Waals surface area contributed by atoms with Crippen LogP contribution < -0.4 is 14.8 Å². The molecule has 208 valence electrons. The van der Waals surface area contributed by atoms with Gasteiger partial charge in [0.05, 0.1) is 17.3 Å². The normalized spacial score (nSPS) is 19.0. The van der Waals surface area contributed by atoms with Gasteiger partial charge in [-0.1, -0.05) is 19.1 Å². The Bertz CT molecular complexity index is 1480. The number of ether oxygens (including phenoxy) is 1. The number of carboxylic acids is 1. The lowest BCUT2D eigenvalue weighted by Gasteiger charge is -2.42.